The van der Waals surface area contributed by atoms with Crippen LogP contribution in [0.3, 0.4) is 0 Å². The summed E-state index contributed by atoms with van der Waals surface area (Å²) in [5.74, 6) is 5.90. The number of hydrogen-bond acceptors (Lipinski definition) is 3. The zero-order chi connectivity index (χ0) is 8.10. The molecule has 2 atom stereocenters. The Morgan fingerprint density at radius 2 is 1.91 bits per heavy atom. The highest BCUT2D eigenvalue weighted by atomic mass is 16.6. The van der Waals surface area contributed by atoms with Gasteiger partial charge in [0.1, 0.15) is 0 Å². The van der Waals surface area contributed by atoms with E-state index >= 15 is 0 Å². The number of hydrogen-bond donors (Lipinski definition) is 2. The van der Waals surface area contributed by atoms with Gasteiger partial charge in [0.05, 0.1) is 6.61 Å². The SMILES string of the molecule is NOCC1CCCCC1CO. The fraction of sp³-hybridized carbons (Fsp3) is 1.00. The van der Waals surface area contributed by atoms with Crippen LogP contribution in [0.15, 0.2) is 0 Å². The largest absolute Gasteiger partial charge is 0.396 e. The summed E-state index contributed by atoms with van der Waals surface area (Å²) in [5, 5.41) is 8.99. The molecule has 1 aliphatic rings. The molecule has 0 bridgehead atoms. The van der Waals surface area contributed by atoms with Crippen molar-refractivity contribution in [2.75, 3.05) is 13.2 Å². The number of rotatable bonds is 3. The van der Waals surface area contributed by atoms with E-state index in [1.807, 2.05) is 0 Å². The molecule has 0 saturated heterocycles. The first-order valence-corrected chi connectivity index (χ1v) is 4.31. The summed E-state index contributed by atoms with van der Waals surface area (Å²) in [6, 6.07) is 0. The third kappa shape index (κ3) is 2.43. The van der Waals surface area contributed by atoms with Crippen LogP contribution in [0.2, 0.25) is 0 Å². The van der Waals surface area contributed by atoms with E-state index in [9.17, 15) is 0 Å². The second-order valence-corrected chi connectivity index (χ2v) is 3.32. The van der Waals surface area contributed by atoms with Gasteiger partial charge in [-0.05, 0) is 24.7 Å². The van der Waals surface area contributed by atoms with E-state index in [4.69, 9.17) is 11.0 Å². The molecule has 66 valence electrons. The molecule has 0 heterocycles. The fourth-order valence-corrected chi connectivity index (χ4v) is 1.87. The van der Waals surface area contributed by atoms with Crippen LogP contribution in [0.5, 0.6) is 0 Å². The number of aliphatic hydroxyl groups is 1. The molecule has 0 radical (unpaired) electrons. The molecule has 0 amide bonds. The van der Waals surface area contributed by atoms with Gasteiger partial charge in [-0.1, -0.05) is 12.8 Å². The molecule has 0 spiro atoms. The minimum absolute atomic E-state index is 0.286. The van der Waals surface area contributed by atoms with Crippen molar-refractivity contribution in [3.05, 3.63) is 0 Å². The normalized spacial score (nSPS) is 32.2. The van der Waals surface area contributed by atoms with E-state index in [1.165, 1.54) is 12.8 Å². The van der Waals surface area contributed by atoms with Crippen molar-refractivity contribution in [1.29, 1.82) is 0 Å². The van der Waals surface area contributed by atoms with Crippen molar-refractivity contribution in [3.63, 3.8) is 0 Å². The zero-order valence-corrected chi connectivity index (χ0v) is 6.83. The van der Waals surface area contributed by atoms with Crippen LogP contribution in [0.25, 0.3) is 0 Å². The van der Waals surface area contributed by atoms with E-state index in [1.54, 1.807) is 0 Å². The number of aliphatic hydroxyl groups excluding tert-OH is 1. The van der Waals surface area contributed by atoms with Crippen molar-refractivity contribution in [1.82, 2.24) is 0 Å². The highest BCUT2D eigenvalue weighted by Crippen LogP contribution is 2.29. The Morgan fingerprint density at radius 1 is 1.27 bits per heavy atom. The molecule has 2 unspecified atom stereocenters. The Hall–Kier alpha value is -0.120. The molecule has 3 heteroatoms. The predicted octanol–water partition coefficient (Wildman–Crippen LogP) is 0.675. The molecule has 3 nitrogen and oxygen atoms in total. The Labute approximate surface area is 67.5 Å². The monoisotopic (exact) mass is 159 g/mol. The van der Waals surface area contributed by atoms with Crippen molar-refractivity contribution < 1.29 is 9.94 Å². The Morgan fingerprint density at radius 3 is 2.45 bits per heavy atom. The molecule has 1 saturated carbocycles. The van der Waals surface area contributed by atoms with Crippen LogP contribution in [0.1, 0.15) is 25.7 Å². The maximum atomic E-state index is 8.99. The lowest BCUT2D eigenvalue weighted by Gasteiger charge is -2.28. The first-order valence-electron chi connectivity index (χ1n) is 4.31. The Bertz CT molecular complexity index is 106. The average molecular weight is 159 g/mol. The molecular formula is C8H17NO2. The third-order valence-corrected chi connectivity index (χ3v) is 2.61. The van der Waals surface area contributed by atoms with Crippen LogP contribution in [0, 0.1) is 11.8 Å². The minimum Gasteiger partial charge on any atom is -0.396 e. The van der Waals surface area contributed by atoms with Crippen molar-refractivity contribution >= 4 is 0 Å². The summed E-state index contributed by atoms with van der Waals surface area (Å²) in [6.07, 6.45) is 4.78. The fourth-order valence-electron chi connectivity index (χ4n) is 1.87. The summed E-state index contributed by atoms with van der Waals surface area (Å²) >= 11 is 0. The maximum absolute atomic E-state index is 8.99. The van der Waals surface area contributed by atoms with E-state index in [2.05, 4.69) is 4.84 Å². The van der Waals surface area contributed by atoms with Gasteiger partial charge >= 0.3 is 0 Å². The van der Waals surface area contributed by atoms with Gasteiger partial charge in [-0.2, -0.15) is 0 Å². The molecular weight excluding hydrogens is 142 g/mol. The topological polar surface area (TPSA) is 55.5 Å². The van der Waals surface area contributed by atoms with E-state index in [0.717, 1.165) is 12.8 Å². The lowest BCUT2D eigenvalue weighted by molar-refractivity contribution is 0.0385. The average Bonchev–Trinajstić information content (AvgIpc) is 2.06. The van der Waals surface area contributed by atoms with Gasteiger partial charge in [0.25, 0.3) is 0 Å². The maximum Gasteiger partial charge on any atom is 0.0710 e. The van der Waals surface area contributed by atoms with Gasteiger partial charge in [-0.25, -0.2) is 5.90 Å². The second-order valence-electron chi connectivity index (χ2n) is 3.32. The van der Waals surface area contributed by atoms with E-state index < -0.39 is 0 Å². The van der Waals surface area contributed by atoms with E-state index in [-0.39, 0.29) is 6.61 Å². The van der Waals surface area contributed by atoms with Crippen molar-refractivity contribution in [3.8, 4) is 0 Å². The van der Waals surface area contributed by atoms with Gasteiger partial charge in [0.15, 0.2) is 0 Å². The smallest absolute Gasteiger partial charge is 0.0710 e. The molecule has 1 aliphatic carbocycles. The lowest BCUT2D eigenvalue weighted by Crippen LogP contribution is -2.27. The highest BCUT2D eigenvalue weighted by molar-refractivity contribution is 4.74. The summed E-state index contributed by atoms with van der Waals surface area (Å²) in [6.45, 7) is 0.888. The van der Waals surface area contributed by atoms with E-state index in [0.29, 0.717) is 18.4 Å². The summed E-state index contributed by atoms with van der Waals surface area (Å²) < 4.78 is 0. The standard InChI is InChI=1S/C8H17NO2/c9-11-6-8-4-2-1-3-7(8)5-10/h7-8,10H,1-6,9H2. The molecule has 1 fully saturated rings. The summed E-state index contributed by atoms with van der Waals surface area (Å²) in [4.78, 5) is 4.60. The van der Waals surface area contributed by atoms with Crippen LogP contribution in [0.4, 0.5) is 0 Å². The van der Waals surface area contributed by atoms with Gasteiger partial charge in [-0.15, -0.1) is 0 Å². The number of nitrogens with two attached hydrogens (primary N) is 1. The summed E-state index contributed by atoms with van der Waals surface area (Å²) in [5.41, 5.74) is 0. The first-order chi connectivity index (χ1) is 5.38. The molecule has 3 N–H and O–H groups in total. The Kier molecular flexibility index (Phi) is 3.83. The van der Waals surface area contributed by atoms with Crippen LogP contribution in [-0.2, 0) is 4.84 Å². The molecule has 0 aliphatic heterocycles. The summed E-state index contributed by atoms with van der Waals surface area (Å²) in [7, 11) is 0. The third-order valence-electron chi connectivity index (χ3n) is 2.61. The van der Waals surface area contributed by atoms with Crippen molar-refractivity contribution in [2.24, 2.45) is 17.7 Å². The molecule has 0 aromatic carbocycles. The van der Waals surface area contributed by atoms with Gasteiger partial charge < -0.3 is 9.94 Å². The molecule has 0 aromatic rings. The Balaban J connectivity index is 2.31. The molecule has 1 rings (SSSR count). The first kappa shape index (κ1) is 8.97. The lowest BCUT2D eigenvalue weighted by atomic mass is 9.80. The molecule has 11 heavy (non-hydrogen) atoms. The van der Waals surface area contributed by atoms with Gasteiger partial charge in [-0.3, -0.25) is 0 Å². The van der Waals surface area contributed by atoms with Gasteiger partial charge in [0, 0.05) is 6.61 Å². The highest BCUT2D eigenvalue weighted by Gasteiger charge is 2.24. The zero-order valence-electron chi connectivity index (χ0n) is 6.83. The second kappa shape index (κ2) is 4.70. The minimum atomic E-state index is 0.286. The van der Waals surface area contributed by atoms with Crippen LogP contribution < -0.4 is 5.90 Å². The van der Waals surface area contributed by atoms with Gasteiger partial charge in [0.2, 0.25) is 0 Å². The predicted molar refractivity (Wildman–Crippen MR) is 42.7 cm³/mol. The molecule has 0 aromatic heterocycles. The van der Waals surface area contributed by atoms with Crippen LogP contribution >= 0.6 is 0 Å². The quantitative estimate of drug-likeness (QED) is 0.595. The van der Waals surface area contributed by atoms with Crippen molar-refractivity contribution in [2.45, 2.75) is 25.7 Å². The van der Waals surface area contributed by atoms with Crippen LogP contribution in [-0.4, -0.2) is 18.3 Å².